The first-order valence-corrected chi connectivity index (χ1v) is 5.51. The molecule has 17 heavy (non-hydrogen) atoms. The summed E-state index contributed by atoms with van der Waals surface area (Å²) >= 11 is 5.80. The van der Waals surface area contributed by atoms with Gasteiger partial charge < -0.3 is 5.73 Å². The Morgan fingerprint density at radius 2 is 2.24 bits per heavy atom. The molecule has 0 radical (unpaired) electrons. The van der Waals surface area contributed by atoms with Gasteiger partial charge in [0.15, 0.2) is 5.78 Å². The van der Waals surface area contributed by atoms with Gasteiger partial charge in [-0.05, 0) is 24.3 Å². The van der Waals surface area contributed by atoms with Gasteiger partial charge in [0.25, 0.3) is 0 Å². The molecule has 2 N–H and O–H groups in total. The van der Waals surface area contributed by atoms with E-state index in [-0.39, 0.29) is 12.2 Å². The summed E-state index contributed by atoms with van der Waals surface area (Å²) in [5, 5.41) is 4.61. The molecule has 0 bridgehead atoms. The van der Waals surface area contributed by atoms with Crippen LogP contribution < -0.4 is 5.73 Å². The summed E-state index contributed by atoms with van der Waals surface area (Å²) in [6.45, 7) is 0. The number of benzene rings is 1. The van der Waals surface area contributed by atoms with E-state index in [0.29, 0.717) is 16.3 Å². The summed E-state index contributed by atoms with van der Waals surface area (Å²) in [5.41, 5.74) is 7.36. The van der Waals surface area contributed by atoms with Gasteiger partial charge in [-0.2, -0.15) is 5.10 Å². The van der Waals surface area contributed by atoms with Crippen molar-refractivity contribution in [1.29, 1.82) is 0 Å². The van der Waals surface area contributed by atoms with Crippen molar-refractivity contribution in [3.8, 4) is 0 Å². The van der Waals surface area contributed by atoms with Crippen molar-refractivity contribution in [2.45, 2.75) is 6.42 Å². The molecule has 1 aromatic carbocycles. The van der Waals surface area contributed by atoms with Crippen LogP contribution in [0.3, 0.4) is 0 Å². The number of ketones is 1. The second-order valence-corrected chi connectivity index (χ2v) is 4.22. The predicted octanol–water partition coefficient (Wildman–Crippen LogP) is 2.08. The van der Waals surface area contributed by atoms with E-state index in [1.807, 2.05) is 13.1 Å². The number of Topliss-reactive ketones (excluding diaryl/α,β-unsaturated/α-hetero) is 1. The van der Waals surface area contributed by atoms with E-state index in [0.717, 1.165) is 5.69 Å². The number of hydrogen-bond donors (Lipinski definition) is 1. The standard InChI is InChI=1S/C12H12ClN3O/c1-16-5-4-9(15-16)7-12(17)8-2-3-10(13)11(14)6-8/h2-6H,7,14H2,1H3. The van der Waals surface area contributed by atoms with E-state index in [1.165, 1.54) is 0 Å². The average Bonchev–Trinajstić information content (AvgIpc) is 2.68. The molecule has 0 saturated carbocycles. The van der Waals surface area contributed by atoms with Gasteiger partial charge in [0, 0.05) is 18.8 Å². The van der Waals surface area contributed by atoms with Crippen molar-refractivity contribution in [3.63, 3.8) is 0 Å². The first-order chi connectivity index (χ1) is 8.06. The molecule has 0 fully saturated rings. The summed E-state index contributed by atoms with van der Waals surface area (Å²) in [5.74, 6) is -0.0212. The van der Waals surface area contributed by atoms with Gasteiger partial charge in [0.05, 0.1) is 22.8 Å². The molecule has 0 atom stereocenters. The van der Waals surface area contributed by atoms with Gasteiger partial charge in [-0.1, -0.05) is 11.6 Å². The third kappa shape index (κ3) is 2.65. The first kappa shape index (κ1) is 11.7. The molecular formula is C12H12ClN3O. The van der Waals surface area contributed by atoms with E-state index in [4.69, 9.17) is 17.3 Å². The predicted molar refractivity (Wildman–Crippen MR) is 67.1 cm³/mol. The molecule has 0 aliphatic heterocycles. The molecule has 5 heteroatoms. The lowest BCUT2D eigenvalue weighted by molar-refractivity contribution is 0.0992. The van der Waals surface area contributed by atoms with Crippen LogP contribution in [0.4, 0.5) is 5.69 Å². The maximum Gasteiger partial charge on any atom is 0.168 e. The molecule has 0 spiro atoms. The Balaban J connectivity index is 2.17. The molecule has 0 aliphatic carbocycles. The molecule has 0 amide bonds. The molecule has 1 aromatic heterocycles. The van der Waals surface area contributed by atoms with Gasteiger partial charge in [0.2, 0.25) is 0 Å². The van der Waals surface area contributed by atoms with Gasteiger partial charge in [-0.3, -0.25) is 9.48 Å². The number of nitrogens with two attached hydrogens (primary N) is 1. The Hall–Kier alpha value is -1.81. The van der Waals surface area contributed by atoms with Gasteiger partial charge in [-0.25, -0.2) is 0 Å². The summed E-state index contributed by atoms with van der Waals surface area (Å²) in [6, 6.07) is 6.71. The number of hydrogen-bond acceptors (Lipinski definition) is 3. The van der Waals surface area contributed by atoms with E-state index in [9.17, 15) is 4.79 Å². The van der Waals surface area contributed by atoms with Crippen LogP contribution in [-0.2, 0) is 13.5 Å². The minimum Gasteiger partial charge on any atom is -0.398 e. The Kier molecular flexibility index (Phi) is 3.15. The van der Waals surface area contributed by atoms with Crippen LogP contribution in [0.25, 0.3) is 0 Å². The number of aromatic nitrogens is 2. The van der Waals surface area contributed by atoms with Crippen LogP contribution in [0.2, 0.25) is 5.02 Å². The van der Waals surface area contributed by atoms with Gasteiger partial charge in [-0.15, -0.1) is 0 Å². The number of rotatable bonds is 3. The highest BCUT2D eigenvalue weighted by Crippen LogP contribution is 2.20. The molecule has 0 unspecified atom stereocenters. The van der Waals surface area contributed by atoms with Crippen LogP contribution >= 0.6 is 11.6 Å². The molecule has 2 rings (SSSR count). The third-order valence-electron chi connectivity index (χ3n) is 2.43. The second-order valence-electron chi connectivity index (χ2n) is 3.82. The largest absolute Gasteiger partial charge is 0.398 e. The third-order valence-corrected chi connectivity index (χ3v) is 2.77. The van der Waals surface area contributed by atoms with Crippen molar-refractivity contribution >= 4 is 23.1 Å². The lowest BCUT2D eigenvalue weighted by Crippen LogP contribution is -2.05. The quantitative estimate of drug-likeness (QED) is 0.669. The molecule has 88 valence electrons. The van der Waals surface area contributed by atoms with Crippen molar-refractivity contribution in [1.82, 2.24) is 9.78 Å². The minimum atomic E-state index is -0.0212. The molecule has 0 saturated heterocycles. The fraction of sp³-hybridized carbons (Fsp3) is 0.167. The number of anilines is 1. The van der Waals surface area contributed by atoms with Gasteiger partial charge >= 0.3 is 0 Å². The number of halogens is 1. The van der Waals surface area contributed by atoms with E-state index in [1.54, 1.807) is 29.1 Å². The normalized spacial score (nSPS) is 10.5. The van der Waals surface area contributed by atoms with E-state index >= 15 is 0 Å². The summed E-state index contributed by atoms with van der Waals surface area (Å²) < 4.78 is 1.67. The van der Waals surface area contributed by atoms with Crippen LogP contribution in [0, 0.1) is 0 Å². The van der Waals surface area contributed by atoms with Crippen molar-refractivity contribution < 1.29 is 4.79 Å². The topological polar surface area (TPSA) is 60.9 Å². The van der Waals surface area contributed by atoms with Crippen molar-refractivity contribution in [2.75, 3.05) is 5.73 Å². The van der Waals surface area contributed by atoms with E-state index in [2.05, 4.69) is 5.10 Å². The number of carbonyl (C=O) groups is 1. The number of nitrogen functional groups attached to an aromatic ring is 1. The zero-order chi connectivity index (χ0) is 12.4. The number of nitrogens with zero attached hydrogens (tertiary/aromatic N) is 2. The van der Waals surface area contributed by atoms with Crippen LogP contribution in [0.15, 0.2) is 30.5 Å². The summed E-state index contributed by atoms with van der Waals surface area (Å²) in [7, 11) is 1.81. The summed E-state index contributed by atoms with van der Waals surface area (Å²) in [6.07, 6.45) is 2.07. The van der Waals surface area contributed by atoms with Gasteiger partial charge in [0.1, 0.15) is 0 Å². The zero-order valence-electron chi connectivity index (χ0n) is 9.35. The highest BCUT2D eigenvalue weighted by Gasteiger charge is 2.10. The smallest absolute Gasteiger partial charge is 0.168 e. The maximum absolute atomic E-state index is 11.9. The Labute approximate surface area is 104 Å². The fourth-order valence-electron chi connectivity index (χ4n) is 1.54. The Morgan fingerprint density at radius 1 is 1.47 bits per heavy atom. The molecule has 0 aliphatic rings. The fourth-order valence-corrected chi connectivity index (χ4v) is 1.66. The first-order valence-electron chi connectivity index (χ1n) is 5.13. The SMILES string of the molecule is Cn1ccc(CC(=O)c2ccc(Cl)c(N)c2)n1. The summed E-state index contributed by atoms with van der Waals surface area (Å²) in [4.78, 5) is 11.9. The Morgan fingerprint density at radius 3 is 2.82 bits per heavy atom. The van der Waals surface area contributed by atoms with Crippen LogP contribution in [0.5, 0.6) is 0 Å². The lowest BCUT2D eigenvalue weighted by atomic mass is 10.1. The number of aryl methyl sites for hydroxylation is 1. The molecule has 2 aromatic rings. The second kappa shape index (κ2) is 4.59. The lowest BCUT2D eigenvalue weighted by Gasteiger charge is -2.02. The Bertz CT molecular complexity index is 563. The minimum absolute atomic E-state index is 0.0212. The van der Waals surface area contributed by atoms with Crippen LogP contribution in [-0.4, -0.2) is 15.6 Å². The number of carbonyl (C=O) groups excluding carboxylic acids is 1. The highest BCUT2D eigenvalue weighted by molar-refractivity contribution is 6.33. The zero-order valence-corrected chi connectivity index (χ0v) is 10.1. The highest BCUT2D eigenvalue weighted by atomic mass is 35.5. The monoisotopic (exact) mass is 249 g/mol. The van der Waals surface area contributed by atoms with E-state index < -0.39 is 0 Å². The van der Waals surface area contributed by atoms with Crippen molar-refractivity contribution in [3.05, 3.63) is 46.7 Å². The molecule has 1 heterocycles. The average molecular weight is 250 g/mol. The maximum atomic E-state index is 11.9. The van der Waals surface area contributed by atoms with Crippen LogP contribution in [0.1, 0.15) is 16.1 Å². The molecule has 4 nitrogen and oxygen atoms in total. The molecular weight excluding hydrogens is 238 g/mol. The van der Waals surface area contributed by atoms with Crippen molar-refractivity contribution in [2.24, 2.45) is 7.05 Å².